The summed E-state index contributed by atoms with van der Waals surface area (Å²) in [5, 5.41) is 13.2. The lowest BCUT2D eigenvalue weighted by atomic mass is 10.1. The van der Waals surface area contributed by atoms with E-state index in [1.165, 1.54) is 31.5 Å². The van der Waals surface area contributed by atoms with Crippen LogP contribution in [0.25, 0.3) is 0 Å². The molecule has 6 nitrogen and oxygen atoms in total. The number of amides is 1. The van der Waals surface area contributed by atoms with E-state index in [4.69, 9.17) is 0 Å². The van der Waals surface area contributed by atoms with Crippen LogP contribution < -0.4 is 5.43 Å². The second-order valence-electron chi connectivity index (χ2n) is 4.48. The van der Waals surface area contributed by atoms with Crippen LogP contribution in [0.4, 0.5) is 0 Å². The SMILES string of the molecule is COC(=O)c1ccc(C=NNC(=O)c2ccc(O)c(Br)c2)cc1. The summed E-state index contributed by atoms with van der Waals surface area (Å²) in [5.74, 6) is -0.774. The molecular formula is C16H13BrN2O4. The zero-order valence-corrected chi connectivity index (χ0v) is 13.7. The Bertz CT molecular complexity index is 757. The largest absolute Gasteiger partial charge is 0.507 e. The normalized spacial score (nSPS) is 10.5. The van der Waals surface area contributed by atoms with E-state index in [9.17, 15) is 14.7 Å². The molecule has 2 N–H and O–H groups in total. The zero-order chi connectivity index (χ0) is 16.8. The lowest BCUT2D eigenvalue weighted by molar-refractivity contribution is 0.0600. The molecule has 0 heterocycles. The summed E-state index contributed by atoms with van der Waals surface area (Å²) in [7, 11) is 1.31. The Morgan fingerprint density at radius 1 is 1.17 bits per heavy atom. The summed E-state index contributed by atoms with van der Waals surface area (Å²) >= 11 is 3.14. The van der Waals surface area contributed by atoms with Crippen LogP contribution in [0.3, 0.4) is 0 Å². The third-order valence-corrected chi connectivity index (χ3v) is 3.56. The smallest absolute Gasteiger partial charge is 0.337 e. The maximum atomic E-state index is 11.9. The van der Waals surface area contributed by atoms with Crippen LogP contribution in [0.5, 0.6) is 5.75 Å². The number of halogens is 1. The van der Waals surface area contributed by atoms with Crippen LogP contribution in [-0.4, -0.2) is 30.3 Å². The van der Waals surface area contributed by atoms with Crippen LogP contribution in [0, 0.1) is 0 Å². The van der Waals surface area contributed by atoms with Gasteiger partial charge in [0.1, 0.15) is 5.75 Å². The first-order valence-electron chi connectivity index (χ1n) is 6.51. The average molecular weight is 377 g/mol. The number of nitrogens with zero attached hydrogens (tertiary/aromatic N) is 1. The van der Waals surface area contributed by atoms with Gasteiger partial charge in [0.05, 0.1) is 23.4 Å². The number of hydrogen-bond acceptors (Lipinski definition) is 5. The Morgan fingerprint density at radius 2 is 1.83 bits per heavy atom. The number of aromatic hydroxyl groups is 1. The van der Waals surface area contributed by atoms with Gasteiger partial charge in [0.25, 0.3) is 5.91 Å². The quantitative estimate of drug-likeness (QED) is 0.487. The van der Waals surface area contributed by atoms with Crippen LogP contribution in [0.1, 0.15) is 26.3 Å². The van der Waals surface area contributed by atoms with Gasteiger partial charge in [-0.05, 0) is 51.8 Å². The van der Waals surface area contributed by atoms with Gasteiger partial charge in [-0.25, -0.2) is 10.2 Å². The van der Waals surface area contributed by atoms with Crippen molar-refractivity contribution < 1.29 is 19.4 Å². The summed E-state index contributed by atoms with van der Waals surface area (Å²) in [6, 6.07) is 11.0. The first kappa shape index (κ1) is 16.7. The standard InChI is InChI=1S/C16H13BrN2O4/c1-23-16(22)11-4-2-10(3-5-11)9-18-19-15(21)12-6-7-14(20)13(17)8-12/h2-9,20H,1H3,(H,19,21). The van der Waals surface area contributed by atoms with Crippen molar-refractivity contribution in [2.24, 2.45) is 5.10 Å². The van der Waals surface area contributed by atoms with Crippen molar-refractivity contribution in [2.75, 3.05) is 7.11 Å². The maximum Gasteiger partial charge on any atom is 0.337 e. The van der Waals surface area contributed by atoms with Crippen LogP contribution in [-0.2, 0) is 4.74 Å². The molecule has 0 unspecified atom stereocenters. The molecule has 0 aromatic heterocycles. The molecule has 0 aliphatic carbocycles. The highest BCUT2D eigenvalue weighted by Gasteiger charge is 2.07. The fourth-order valence-corrected chi connectivity index (χ4v) is 2.08. The second-order valence-corrected chi connectivity index (χ2v) is 5.33. The van der Waals surface area contributed by atoms with Gasteiger partial charge in [-0.1, -0.05) is 12.1 Å². The van der Waals surface area contributed by atoms with Crippen molar-refractivity contribution >= 4 is 34.0 Å². The van der Waals surface area contributed by atoms with Gasteiger partial charge in [-0.15, -0.1) is 0 Å². The van der Waals surface area contributed by atoms with Crippen LogP contribution in [0.2, 0.25) is 0 Å². The van der Waals surface area contributed by atoms with E-state index in [2.05, 4.69) is 31.2 Å². The van der Waals surface area contributed by atoms with Gasteiger partial charge in [0.2, 0.25) is 0 Å². The minimum Gasteiger partial charge on any atom is -0.507 e. The molecule has 0 fully saturated rings. The van der Waals surface area contributed by atoms with Gasteiger partial charge in [-0.3, -0.25) is 4.79 Å². The Hall–Kier alpha value is -2.67. The summed E-state index contributed by atoms with van der Waals surface area (Å²) in [5.41, 5.74) is 3.88. The number of esters is 1. The summed E-state index contributed by atoms with van der Waals surface area (Å²) in [4.78, 5) is 23.2. The molecule has 0 saturated heterocycles. The molecule has 0 aliphatic heterocycles. The predicted octanol–water partition coefficient (Wildman–Crippen LogP) is 2.71. The number of phenols is 1. The van der Waals surface area contributed by atoms with E-state index in [1.54, 1.807) is 24.3 Å². The van der Waals surface area contributed by atoms with Crippen molar-refractivity contribution in [3.05, 3.63) is 63.6 Å². The highest BCUT2D eigenvalue weighted by Crippen LogP contribution is 2.24. The zero-order valence-electron chi connectivity index (χ0n) is 12.1. The van der Waals surface area contributed by atoms with Crippen LogP contribution >= 0.6 is 15.9 Å². The fraction of sp³-hybridized carbons (Fsp3) is 0.0625. The van der Waals surface area contributed by atoms with E-state index >= 15 is 0 Å². The number of carbonyl (C=O) groups excluding carboxylic acids is 2. The first-order valence-corrected chi connectivity index (χ1v) is 7.31. The number of nitrogens with one attached hydrogen (secondary N) is 1. The van der Waals surface area contributed by atoms with E-state index in [0.717, 1.165) is 0 Å². The summed E-state index contributed by atoms with van der Waals surface area (Å²) in [6.45, 7) is 0. The van der Waals surface area contributed by atoms with Gasteiger partial charge in [-0.2, -0.15) is 5.10 Å². The second kappa shape index (κ2) is 7.55. The van der Waals surface area contributed by atoms with Crippen molar-refractivity contribution in [1.82, 2.24) is 5.43 Å². The number of hydrogen-bond donors (Lipinski definition) is 2. The number of ether oxygens (including phenoxy) is 1. The molecule has 0 bridgehead atoms. The predicted molar refractivity (Wildman–Crippen MR) is 88.6 cm³/mol. The molecule has 0 saturated carbocycles. The molecule has 2 aromatic rings. The van der Waals surface area contributed by atoms with Crippen molar-refractivity contribution in [3.63, 3.8) is 0 Å². The van der Waals surface area contributed by atoms with Gasteiger partial charge in [0.15, 0.2) is 0 Å². The fourth-order valence-electron chi connectivity index (χ4n) is 1.70. The molecule has 0 aliphatic rings. The highest BCUT2D eigenvalue weighted by molar-refractivity contribution is 9.10. The molecule has 118 valence electrons. The molecule has 7 heteroatoms. The van der Waals surface area contributed by atoms with E-state index in [0.29, 0.717) is 21.2 Å². The molecular weight excluding hydrogens is 364 g/mol. The van der Waals surface area contributed by atoms with E-state index < -0.39 is 11.9 Å². The number of methoxy groups -OCH3 is 1. The van der Waals surface area contributed by atoms with Gasteiger partial charge < -0.3 is 9.84 Å². The molecule has 0 atom stereocenters. The number of hydrazone groups is 1. The monoisotopic (exact) mass is 376 g/mol. The minimum absolute atomic E-state index is 0.0516. The average Bonchev–Trinajstić information content (AvgIpc) is 2.57. The Balaban J connectivity index is 1.99. The van der Waals surface area contributed by atoms with Crippen molar-refractivity contribution in [2.45, 2.75) is 0 Å². The number of benzene rings is 2. The topological polar surface area (TPSA) is 88.0 Å². The molecule has 0 radical (unpaired) electrons. The lowest BCUT2D eigenvalue weighted by Crippen LogP contribution is -2.17. The highest BCUT2D eigenvalue weighted by atomic mass is 79.9. The summed E-state index contributed by atoms with van der Waals surface area (Å²) < 4.78 is 5.03. The molecule has 1 amide bonds. The third-order valence-electron chi connectivity index (χ3n) is 2.92. The Kier molecular flexibility index (Phi) is 5.48. The number of phenolic OH excluding ortho intramolecular Hbond substituents is 1. The lowest BCUT2D eigenvalue weighted by Gasteiger charge is -2.02. The van der Waals surface area contributed by atoms with Crippen LogP contribution in [0.15, 0.2) is 52.0 Å². The Morgan fingerprint density at radius 3 is 2.43 bits per heavy atom. The summed E-state index contributed by atoms with van der Waals surface area (Å²) in [6.07, 6.45) is 1.45. The molecule has 23 heavy (non-hydrogen) atoms. The third kappa shape index (κ3) is 4.40. The molecule has 2 rings (SSSR count). The van der Waals surface area contributed by atoms with Gasteiger partial charge >= 0.3 is 5.97 Å². The van der Waals surface area contributed by atoms with E-state index in [-0.39, 0.29) is 5.75 Å². The minimum atomic E-state index is -0.417. The molecule has 2 aromatic carbocycles. The van der Waals surface area contributed by atoms with Crippen molar-refractivity contribution in [1.29, 1.82) is 0 Å². The maximum absolute atomic E-state index is 11.9. The molecule has 0 spiro atoms. The first-order chi connectivity index (χ1) is 11.0. The van der Waals surface area contributed by atoms with Crippen molar-refractivity contribution in [3.8, 4) is 5.75 Å². The number of rotatable bonds is 4. The van der Waals surface area contributed by atoms with E-state index in [1.807, 2.05) is 0 Å². The Labute approximate surface area is 140 Å². The van der Waals surface area contributed by atoms with Gasteiger partial charge in [0, 0.05) is 5.56 Å². The number of carbonyl (C=O) groups is 2.